The third kappa shape index (κ3) is 3.74. The summed E-state index contributed by atoms with van der Waals surface area (Å²) in [5.74, 6) is 0. The van der Waals surface area contributed by atoms with Gasteiger partial charge >= 0.3 is 6.03 Å². The van der Waals surface area contributed by atoms with Gasteiger partial charge in [0.1, 0.15) is 0 Å². The zero-order valence-corrected chi connectivity index (χ0v) is 13.9. The number of benzene rings is 1. The lowest BCUT2D eigenvalue weighted by atomic mass is 9.87. The van der Waals surface area contributed by atoms with E-state index in [4.69, 9.17) is 0 Å². The molecule has 5 heteroatoms. The van der Waals surface area contributed by atoms with Crippen LogP contribution in [0.4, 0.5) is 4.79 Å². The van der Waals surface area contributed by atoms with Crippen molar-refractivity contribution in [2.75, 3.05) is 13.2 Å². The van der Waals surface area contributed by atoms with E-state index < -0.39 is 0 Å². The van der Waals surface area contributed by atoms with Crippen molar-refractivity contribution < 1.29 is 9.90 Å². The first-order chi connectivity index (χ1) is 11.3. The van der Waals surface area contributed by atoms with Crippen LogP contribution in [0.25, 0.3) is 0 Å². The zero-order chi connectivity index (χ0) is 16.1. The number of fused-ring (bicyclic) bond motifs is 1. The highest BCUT2D eigenvalue weighted by Crippen LogP contribution is 2.34. The van der Waals surface area contributed by atoms with Gasteiger partial charge in [0.05, 0.1) is 12.6 Å². The first kappa shape index (κ1) is 16.0. The monoisotopic (exact) mass is 330 g/mol. The van der Waals surface area contributed by atoms with E-state index in [-0.39, 0.29) is 18.7 Å². The minimum absolute atomic E-state index is 0.0233. The highest BCUT2D eigenvalue weighted by molar-refractivity contribution is 7.07. The van der Waals surface area contributed by atoms with E-state index in [0.29, 0.717) is 13.1 Å². The topological polar surface area (TPSA) is 52.6 Å². The molecule has 0 radical (unpaired) electrons. The predicted octanol–water partition coefficient (Wildman–Crippen LogP) is 3.33. The number of aryl methyl sites for hydroxylation is 1. The summed E-state index contributed by atoms with van der Waals surface area (Å²) in [5.41, 5.74) is 3.64. The first-order valence-electron chi connectivity index (χ1n) is 8.04. The van der Waals surface area contributed by atoms with Gasteiger partial charge in [-0.2, -0.15) is 11.3 Å². The highest BCUT2D eigenvalue weighted by Gasteiger charge is 2.28. The molecule has 0 saturated heterocycles. The number of nitrogens with zero attached hydrogens (tertiary/aromatic N) is 1. The molecular weight excluding hydrogens is 308 g/mol. The molecule has 0 unspecified atom stereocenters. The van der Waals surface area contributed by atoms with Crippen molar-refractivity contribution in [3.8, 4) is 0 Å². The minimum Gasteiger partial charge on any atom is -0.395 e. The van der Waals surface area contributed by atoms with Crippen LogP contribution in [0.1, 0.15) is 35.6 Å². The van der Waals surface area contributed by atoms with Gasteiger partial charge in [0, 0.05) is 13.1 Å². The number of rotatable bonds is 5. The molecule has 0 bridgehead atoms. The van der Waals surface area contributed by atoms with Gasteiger partial charge in [0.2, 0.25) is 0 Å². The van der Waals surface area contributed by atoms with Crippen LogP contribution < -0.4 is 5.32 Å². The molecular formula is C18H22N2O2S. The molecule has 3 rings (SSSR count). The van der Waals surface area contributed by atoms with Gasteiger partial charge < -0.3 is 15.3 Å². The van der Waals surface area contributed by atoms with E-state index in [1.54, 1.807) is 16.2 Å². The molecule has 2 amide bonds. The number of urea groups is 1. The fraction of sp³-hybridized carbons (Fsp3) is 0.389. The number of nitrogens with one attached hydrogen (secondary N) is 1. The summed E-state index contributed by atoms with van der Waals surface area (Å²) in [4.78, 5) is 14.4. The van der Waals surface area contributed by atoms with Gasteiger partial charge in [-0.25, -0.2) is 4.79 Å². The lowest BCUT2D eigenvalue weighted by Crippen LogP contribution is -2.44. The molecule has 1 aliphatic carbocycles. The minimum atomic E-state index is -0.105. The number of hydrogen-bond acceptors (Lipinski definition) is 3. The standard InChI is InChI=1S/C18H22N2O2S/c21-10-9-20(18(22)19-12-14-8-11-23-13-14)17-7-3-5-15-4-1-2-6-16(15)17/h1-2,4,6,8,11,13,17,21H,3,5,7,9-10,12H2,(H,19,22)/t17-/m0/s1. The summed E-state index contributed by atoms with van der Waals surface area (Å²) >= 11 is 1.62. The van der Waals surface area contributed by atoms with Crippen LogP contribution in [-0.4, -0.2) is 29.2 Å². The molecule has 2 N–H and O–H groups in total. The van der Waals surface area contributed by atoms with E-state index in [9.17, 15) is 9.90 Å². The molecule has 122 valence electrons. The fourth-order valence-corrected chi connectivity index (χ4v) is 3.90. The number of carbonyl (C=O) groups excluding carboxylic acids is 1. The van der Waals surface area contributed by atoms with Crippen molar-refractivity contribution in [3.63, 3.8) is 0 Å². The Bertz CT molecular complexity index is 642. The van der Waals surface area contributed by atoms with Crippen molar-refractivity contribution in [1.82, 2.24) is 10.2 Å². The number of amides is 2. The summed E-state index contributed by atoms with van der Waals surface area (Å²) < 4.78 is 0. The molecule has 1 heterocycles. The molecule has 1 aromatic carbocycles. The van der Waals surface area contributed by atoms with Gasteiger partial charge in [0.25, 0.3) is 0 Å². The summed E-state index contributed by atoms with van der Waals surface area (Å²) in [6.45, 7) is 0.859. The van der Waals surface area contributed by atoms with Crippen LogP contribution in [0.15, 0.2) is 41.1 Å². The predicted molar refractivity (Wildman–Crippen MR) is 92.5 cm³/mol. The summed E-state index contributed by atoms with van der Waals surface area (Å²) in [6, 6.07) is 10.3. The second-order valence-electron chi connectivity index (χ2n) is 5.81. The van der Waals surface area contributed by atoms with Crippen LogP contribution in [0.3, 0.4) is 0 Å². The average molecular weight is 330 g/mol. The second kappa shape index (κ2) is 7.62. The number of aliphatic hydroxyl groups excluding tert-OH is 1. The molecule has 0 spiro atoms. The number of aliphatic hydroxyl groups is 1. The van der Waals surface area contributed by atoms with E-state index >= 15 is 0 Å². The quantitative estimate of drug-likeness (QED) is 0.883. The van der Waals surface area contributed by atoms with Gasteiger partial charge in [-0.1, -0.05) is 24.3 Å². The Kier molecular flexibility index (Phi) is 5.31. The maximum absolute atomic E-state index is 12.6. The maximum Gasteiger partial charge on any atom is 0.318 e. The fourth-order valence-electron chi connectivity index (χ4n) is 3.23. The largest absolute Gasteiger partial charge is 0.395 e. The van der Waals surface area contributed by atoms with Crippen molar-refractivity contribution in [2.45, 2.75) is 31.8 Å². The highest BCUT2D eigenvalue weighted by atomic mass is 32.1. The van der Waals surface area contributed by atoms with Crippen molar-refractivity contribution in [1.29, 1.82) is 0 Å². The Hall–Kier alpha value is -1.85. The summed E-state index contributed by atoms with van der Waals surface area (Å²) in [6.07, 6.45) is 3.08. The van der Waals surface area contributed by atoms with Gasteiger partial charge in [-0.15, -0.1) is 0 Å². The first-order valence-corrected chi connectivity index (χ1v) is 8.98. The average Bonchev–Trinajstić information content (AvgIpc) is 3.11. The third-order valence-electron chi connectivity index (χ3n) is 4.34. The smallest absolute Gasteiger partial charge is 0.318 e. The van der Waals surface area contributed by atoms with Crippen molar-refractivity contribution >= 4 is 17.4 Å². The molecule has 4 nitrogen and oxygen atoms in total. The van der Waals surface area contributed by atoms with E-state index in [0.717, 1.165) is 24.8 Å². The van der Waals surface area contributed by atoms with E-state index in [1.807, 2.05) is 29.0 Å². The maximum atomic E-state index is 12.6. The zero-order valence-electron chi connectivity index (χ0n) is 13.1. The molecule has 1 aliphatic rings. The lowest BCUT2D eigenvalue weighted by Gasteiger charge is -2.35. The van der Waals surface area contributed by atoms with Gasteiger partial charge in [-0.3, -0.25) is 0 Å². The molecule has 0 fully saturated rings. The Morgan fingerprint density at radius 1 is 1.35 bits per heavy atom. The van der Waals surface area contributed by atoms with E-state index in [1.165, 1.54) is 11.1 Å². The number of thiophene rings is 1. The Morgan fingerprint density at radius 3 is 3.00 bits per heavy atom. The lowest BCUT2D eigenvalue weighted by molar-refractivity contribution is 0.144. The van der Waals surface area contributed by atoms with Crippen molar-refractivity contribution in [2.24, 2.45) is 0 Å². The van der Waals surface area contributed by atoms with Crippen LogP contribution >= 0.6 is 11.3 Å². The SMILES string of the molecule is O=C(NCc1ccsc1)N(CCO)[C@H]1CCCc2ccccc21. The Balaban J connectivity index is 1.74. The summed E-state index contributed by atoms with van der Waals surface area (Å²) in [5, 5.41) is 16.4. The van der Waals surface area contributed by atoms with Crippen LogP contribution in [0.2, 0.25) is 0 Å². The number of hydrogen-bond donors (Lipinski definition) is 2. The molecule has 1 aromatic heterocycles. The normalized spacial score (nSPS) is 16.7. The summed E-state index contributed by atoms with van der Waals surface area (Å²) in [7, 11) is 0. The molecule has 1 atom stereocenters. The third-order valence-corrected chi connectivity index (χ3v) is 5.07. The Morgan fingerprint density at radius 2 is 2.22 bits per heavy atom. The Labute approximate surface area is 140 Å². The van der Waals surface area contributed by atoms with Gasteiger partial charge in [-0.05, 0) is 52.8 Å². The van der Waals surface area contributed by atoms with Crippen LogP contribution in [-0.2, 0) is 13.0 Å². The second-order valence-corrected chi connectivity index (χ2v) is 6.59. The number of carbonyl (C=O) groups is 1. The molecule has 2 aromatic rings. The van der Waals surface area contributed by atoms with Crippen LogP contribution in [0.5, 0.6) is 0 Å². The molecule has 23 heavy (non-hydrogen) atoms. The van der Waals surface area contributed by atoms with Gasteiger partial charge in [0.15, 0.2) is 0 Å². The molecule has 0 aliphatic heterocycles. The van der Waals surface area contributed by atoms with E-state index in [2.05, 4.69) is 17.4 Å². The molecule has 0 saturated carbocycles. The van der Waals surface area contributed by atoms with Crippen LogP contribution in [0, 0.1) is 0 Å². The van der Waals surface area contributed by atoms with Crippen molar-refractivity contribution in [3.05, 3.63) is 57.8 Å².